The van der Waals surface area contributed by atoms with Gasteiger partial charge in [-0.25, -0.2) is 4.68 Å². The van der Waals surface area contributed by atoms with Crippen LogP contribution in [0.4, 0.5) is 5.82 Å². The second-order valence-corrected chi connectivity index (χ2v) is 7.08. The van der Waals surface area contributed by atoms with Crippen LogP contribution < -0.4 is 10.6 Å². The Balaban J connectivity index is 1.52. The normalized spacial score (nSPS) is 18.3. The van der Waals surface area contributed by atoms with E-state index in [0.29, 0.717) is 17.5 Å². The van der Waals surface area contributed by atoms with Gasteiger partial charge in [-0.15, -0.1) is 11.3 Å². The van der Waals surface area contributed by atoms with Crippen molar-refractivity contribution in [2.45, 2.75) is 12.6 Å². The molecule has 0 unspecified atom stereocenters. The Labute approximate surface area is 140 Å². The van der Waals surface area contributed by atoms with Gasteiger partial charge in [0.05, 0.1) is 12.2 Å². The Kier molecular flexibility index (Phi) is 4.96. The van der Waals surface area contributed by atoms with Crippen molar-refractivity contribution in [1.82, 2.24) is 20.0 Å². The minimum atomic E-state index is 0.400. The van der Waals surface area contributed by atoms with E-state index in [2.05, 4.69) is 58.3 Å². The molecule has 1 aliphatic rings. The second-order valence-electron chi connectivity index (χ2n) is 6.10. The van der Waals surface area contributed by atoms with Crippen molar-refractivity contribution in [1.29, 1.82) is 5.26 Å². The number of rotatable bonds is 6. The summed E-state index contributed by atoms with van der Waals surface area (Å²) in [7, 11) is 4.24. The third-order valence-electron chi connectivity index (χ3n) is 4.21. The van der Waals surface area contributed by atoms with Gasteiger partial charge in [-0.05, 0) is 25.5 Å². The monoisotopic (exact) mass is 330 g/mol. The maximum atomic E-state index is 9.03. The fourth-order valence-corrected chi connectivity index (χ4v) is 3.84. The molecule has 2 aromatic rings. The molecule has 122 valence electrons. The van der Waals surface area contributed by atoms with Crippen molar-refractivity contribution in [2.75, 3.05) is 39.0 Å². The van der Waals surface area contributed by atoms with Gasteiger partial charge >= 0.3 is 0 Å². The van der Waals surface area contributed by atoms with E-state index in [0.717, 1.165) is 32.0 Å². The minimum Gasteiger partial charge on any atom is -0.369 e. The summed E-state index contributed by atoms with van der Waals surface area (Å²) in [6, 6.07) is 6.87. The lowest BCUT2D eigenvalue weighted by atomic mass is 10.1. The Morgan fingerprint density at radius 1 is 1.61 bits per heavy atom. The average molecular weight is 330 g/mol. The van der Waals surface area contributed by atoms with Crippen LogP contribution in [-0.2, 0) is 6.54 Å². The van der Waals surface area contributed by atoms with Crippen LogP contribution in [0.15, 0.2) is 23.7 Å². The van der Waals surface area contributed by atoms with Crippen LogP contribution in [0.3, 0.4) is 0 Å². The first kappa shape index (κ1) is 16.0. The van der Waals surface area contributed by atoms with Gasteiger partial charge in [-0.3, -0.25) is 0 Å². The molecule has 7 heteroatoms. The van der Waals surface area contributed by atoms with Crippen LogP contribution in [0.1, 0.15) is 16.5 Å². The fraction of sp³-hybridized carbons (Fsp3) is 0.500. The molecule has 0 amide bonds. The molecule has 3 heterocycles. The van der Waals surface area contributed by atoms with E-state index in [1.54, 1.807) is 17.5 Å². The van der Waals surface area contributed by atoms with Crippen LogP contribution in [0.25, 0.3) is 0 Å². The number of hydrogen-bond donors (Lipinski definition) is 2. The maximum absolute atomic E-state index is 9.03. The molecule has 0 saturated carbocycles. The van der Waals surface area contributed by atoms with Gasteiger partial charge in [-0.2, -0.15) is 10.4 Å². The zero-order valence-electron chi connectivity index (χ0n) is 13.5. The summed E-state index contributed by atoms with van der Waals surface area (Å²) in [5.41, 5.74) is 0.627. The SMILES string of the molecule is CN(C)[C@H](CNC[C@@H]1CNc2c(C#N)cnn2C1)c1cccs1. The summed E-state index contributed by atoms with van der Waals surface area (Å²) in [6.45, 7) is 3.59. The number of nitrogens with zero attached hydrogens (tertiary/aromatic N) is 4. The molecule has 0 saturated heterocycles. The molecule has 3 rings (SSSR count). The highest BCUT2D eigenvalue weighted by molar-refractivity contribution is 7.10. The molecular weight excluding hydrogens is 308 g/mol. The summed E-state index contributed by atoms with van der Waals surface area (Å²) in [5, 5.41) is 22.4. The highest BCUT2D eigenvalue weighted by Crippen LogP contribution is 2.23. The van der Waals surface area contributed by atoms with Crippen molar-refractivity contribution in [3.63, 3.8) is 0 Å². The molecule has 1 aliphatic heterocycles. The van der Waals surface area contributed by atoms with Gasteiger partial charge in [0.2, 0.25) is 0 Å². The number of thiophene rings is 1. The lowest BCUT2D eigenvalue weighted by Gasteiger charge is -2.28. The van der Waals surface area contributed by atoms with Gasteiger partial charge in [0.15, 0.2) is 0 Å². The van der Waals surface area contributed by atoms with E-state index in [1.165, 1.54) is 4.88 Å². The number of anilines is 1. The molecule has 0 aliphatic carbocycles. The number of hydrogen-bond acceptors (Lipinski definition) is 6. The number of nitriles is 1. The molecule has 2 aromatic heterocycles. The molecule has 0 aromatic carbocycles. The van der Waals surface area contributed by atoms with Crippen LogP contribution in [0.2, 0.25) is 0 Å². The van der Waals surface area contributed by atoms with Crippen LogP contribution >= 0.6 is 11.3 Å². The molecule has 2 N–H and O–H groups in total. The summed E-state index contributed by atoms with van der Waals surface area (Å²) in [6.07, 6.45) is 1.64. The van der Waals surface area contributed by atoms with E-state index >= 15 is 0 Å². The van der Waals surface area contributed by atoms with Crippen LogP contribution in [0, 0.1) is 17.2 Å². The van der Waals surface area contributed by atoms with Crippen molar-refractivity contribution in [2.24, 2.45) is 5.92 Å². The first-order valence-corrected chi connectivity index (χ1v) is 8.67. The lowest BCUT2D eigenvalue weighted by molar-refractivity contribution is 0.283. The zero-order chi connectivity index (χ0) is 16.2. The molecule has 0 bridgehead atoms. The van der Waals surface area contributed by atoms with Gasteiger partial charge in [0.1, 0.15) is 17.5 Å². The maximum Gasteiger partial charge on any atom is 0.142 e. The van der Waals surface area contributed by atoms with Crippen molar-refractivity contribution < 1.29 is 0 Å². The predicted molar refractivity (Wildman–Crippen MR) is 92.5 cm³/mol. The molecule has 23 heavy (non-hydrogen) atoms. The third kappa shape index (κ3) is 3.55. The topological polar surface area (TPSA) is 68.9 Å². The average Bonchev–Trinajstić information content (AvgIpc) is 3.20. The van der Waals surface area contributed by atoms with Gasteiger partial charge in [-0.1, -0.05) is 6.07 Å². The summed E-state index contributed by atoms with van der Waals surface area (Å²) >= 11 is 1.80. The van der Waals surface area contributed by atoms with E-state index in [9.17, 15) is 0 Å². The first-order valence-electron chi connectivity index (χ1n) is 7.79. The quantitative estimate of drug-likeness (QED) is 0.844. The Bertz CT molecular complexity index is 669. The largest absolute Gasteiger partial charge is 0.369 e. The van der Waals surface area contributed by atoms with Crippen LogP contribution in [0.5, 0.6) is 0 Å². The van der Waals surface area contributed by atoms with Crippen molar-refractivity contribution in [3.05, 3.63) is 34.2 Å². The number of likely N-dealkylation sites (N-methyl/N-ethyl adjacent to an activating group) is 1. The van der Waals surface area contributed by atoms with E-state index < -0.39 is 0 Å². The zero-order valence-corrected chi connectivity index (χ0v) is 14.3. The molecular formula is C16H22N6S. The Morgan fingerprint density at radius 3 is 3.17 bits per heavy atom. The standard InChI is InChI=1S/C16H22N6S/c1-21(2)14(15-4-3-5-23-15)10-18-7-12-8-19-16-13(6-17)9-20-22(16)11-12/h3-5,9,12,14,18-19H,7-8,10-11H2,1-2H3/t12-,14-/m1/s1. The smallest absolute Gasteiger partial charge is 0.142 e. The molecule has 2 atom stereocenters. The highest BCUT2D eigenvalue weighted by Gasteiger charge is 2.22. The second kappa shape index (κ2) is 7.13. The molecule has 0 spiro atoms. The third-order valence-corrected chi connectivity index (χ3v) is 5.19. The molecule has 6 nitrogen and oxygen atoms in total. The number of fused-ring (bicyclic) bond motifs is 1. The van der Waals surface area contributed by atoms with Gasteiger partial charge < -0.3 is 15.5 Å². The Morgan fingerprint density at radius 2 is 2.48 bits per heavy atom. The van der Waals surface area contributed by atoms with Crippen molar-refractivity contribution >= 4 is 17.2 Å². The van der Waals surface area contributed by atoms with Gasteiger partial charge in [0, 0.05) is 37.0 Å². The van der Waals surface area contributed by atoms with E-state index in [4.69, 9.17) is 5.26 Å². The molecule has 0 fully saturated rings. The van der Waals surface area contributed by atoms with Gasteiger partial charge in [0.25, 0.3) is 0 Å². The number of aromatic nitrogens is 2. The summed E-state index contributed by atoms with van der Waals surface area (Å²) in [5.74, 6) is 1.33. The summed E-state index contributed by atoms with van der Waals surface area (Å²) in [4.78, 5) is 3.64. The van der Waals surface area contributed by atoms with Crippen LogP contribution in [-0.4, -0.2) is 48.4 Å². The fourth-order valence-electron chi connectivity index (χ4n) is 2.92. The lowest BCUT2D eigenvalue weighted by Crippen LogP contribution is -2.38. The highest BCUT2D eigenvalue weighted by atomic mass is 32.1. The molecule has 0 radical (unpaired) electrons. The first-order chi connectivity index (χ1) is 11.2. The minimum absolute atomic E-state index is 0.400. The Hall–Kier alpha value is -1.88. The summed E-state index contributed by atoms with van der Waals surface area (Å²) < 4.78 is 1.90. The van der Waals surface area contributed by atoms with Crippen molar-refractivity contribution in [3.8, 4) is 6.07 Å². The van der Waals surface area contributed by atoms with E-state index in [1.807, 2.05) is 4.68 Å². The number of nitrogens with one attached hydrogen (secondary N) is 2. The van der Waals surface area contributed by atoms with E-state index in [-0.39, 0.29) is 0 Å². The predicted octanol–water partition coefficient (Wildman–Crippen LogP) is 1.75.